The summed E-state index contributed by atoms with van der Waals surface area (Å²) in [6.45, 7) is 17.1. The highest BCUT2D eigenvalue weighted by Gasteiger charge is 2.52. The number of aryl methyl sites for hydroxylation is 5. The Morgan fingerprint density at radius 2 is 0.767 bits per heavy atom. The van der Waals surface area contributed by atoms with E-state index in [1.54, 1.807) is 107 Å². The summed E-state index contributed by atoms with van der Waals surface area (Å²) in [4.78, 5) is 38.7. The van der Waals surface area contributed by atoms with E-state index in [9.17, 15) is 71.1 Å². The number of H-pyrrole nitrogens is 1. The van der Waals surface area contributed by atoms with Crippen molar-refractivity contribution in [3.8, 4) is 56.1 Å². The number of nitrogens with zero attached hydrogens (tertiary/aromatic N) is 13. The molecule has 24 nitrogen and oxygen atoms in total. The summed E-state index contributed by atoms with van der Waals surface area (Å²) in [5.74, 6) is -9.28. The van der Waals surface area contributed by atoms with E-state index in [4.69, 9.17) is 48.2 Å². The number of aromatic amines is 1. The monoisotopic (exact) mass is 1980 g/mol. The quantitative estimate of drug-likeness (QED) is 0.0339. The van der Waals surface area contributed by atoms with Gasteiger partial charge in [-0.15, -0.1) is 0 Å². The van der Waals surface area contributed by atoms with Crippen molar-refractivity contribution in [1.82, 2.24) is 69.3 Å². The van der Waals surface area contributed by atoms with Crippen LogP contribution in [0, 0.1) is 116 Å². The molecule has 0 radical (unpaired) electrons. The molecule has 16 aromatic rings. The zero-order chi connectivity index (χ0) is 97.2. The number of amides is 1. The second kappa shape index (κ2) is 44.7. The van der Waals surface area contributed by atoms with Crippen LogP contribution in [0.5, 0.6) is 0 Å². The summed E-state index contributed by atoms with van der Waals surface area (Å²) < 4.78 is 204. The fourth-order valence-corrected chi connectivity index (χ4v) is 12.4. The lowest BCUT2D eigenvalue weighted by atomic mass is 9.80. The molecule has 10 N–H and O–H groups in total. The molecule has 1 fully saturated rings. The summed E-state index contributed by atoms with van der Waals surface area (Å²) in [7, 11) is -2.33. The molecule has 0 aliphatic carbocycles. The number of anilines is 4. The Kier molecular flexibility index (Phi) is 34.0. The standard InChI is InChI=1S/C22H14F4N4O.2C15H12F2N4.C11H17BN2O2.C10H7BrF2N2.C7H3ClF2O.C6H5BF2O2.C4H5BrN2/c1-12-15(11-30(29-12)19-9-14(23)6-7-16(19)24)13-5-8-20(27-10-13)28-22(31)21-17(25)3-2-4-18(21)26;2*1-9-12(10-2-5-15(18)19-7-10)8-21(20-9)14-6-11(16)3-4-13(14)17;1-10(2)11(3,4)16-12(15-10)8-5-6-9(13)14-7-8;1-6-8(11)5-15(14-6)10-4-7(12)2-3-9(10)13;8-7(11)6-4(9)2-1-3-5(6)10;8-4-1-2-6(9)5(3-4)7(10)11;1-3-4(5)2-6-7-3/h2-11H,1H3,(H,27,28,31);2*2-8H,1H3,(H2,18,19);5-7H,1-4H3,(H2,13,14);2-5H,1H3;1-3H;1-3,10-11H;2H,1H3,(H,6,7). The van der Waals surface area contributed by atoms with E-state index in [-0.39, 0.29) is 46.9 Å². The highest BCUT2D eigenvalue weighted by atomic mass is 79.9. The molecule has 133 heavy (non-hydrogen) atoms. The minimum absolute atomic E-state index is 0.0434. The summed E-state index contributed by atoms with van der Waals surface area (Å²) in [5.41, 5.74) is 23.3. The lowest BCUT2D eigenvalue weighted by molar-refractivity contribution is 0.00578. The second-order valence-electron chi connectivity index (χ2n) is 29.4. The number of hydrogen-bond acceptors (Lipinski definition) is 18. The number of nitrogens with one attached hydrogen (secondary N) is 2. The molecule has 1 amide bonds. The van der Waals surface area contributed by atoms with Crippen LogP contribution in [-0.4, -0.2) is 116 Å². The summed E-state index contributed by atoms with van der Waals surface area (Å²) >= 11 is 11.4. The van der Waals surface area contributed by atoms with Gasteiger partial charge in [-0.2, -0.15) is 25.5 Å². The SMILES string of the molecule is CC1(C)OB(c2ccc(N)nc2)OC1(C)C.Cc1[nH]ncc1Br.Cc1nn(-c2cc(F)ccc2F)cc1-c1ccc(N)nc1.Cc1nn(-c2cc(F)ccc2F)cc1-c1ccc(N)nc1.Cc1nn(-c2cc(F)ccc2F)cc1-c1ccc(NC(=O)c2c(F)cccc2F)nc1.Cc1nn(-c2cc(F)ccc2F)cc1Br.O=C(Cl)c1c(F)cccc1F.OB(O)c1cc(F)ccc1F. The maximum atomic E-state index is 14.0. The number of rotatable bonds is 12. The Morgan fingerprint density at radius 1 is 0.421 bits per heavy atom. The molecule has 1 saturated heterocycles. The van der Waals surface area contributed by atoms with Crippen molar-refractivity contribution in [3.05, 3.63) is 362 Å². The highest BCUT2D eigenvalue weighted by molar-refractivity contribution is 9.10. The number of pyridine rings is 4. The van der Waals surface area contributed by atoms with E-state index in [1.807, 2.05) is 40.7 Å². The third-order valence-electron chi connectivity index (χ3n) is 19.4. The van der Waals surface area contributed by atoms with Gasteiger partial charge in [0.15, 0.2) is 0 Å². The van der Waals surface area contributed by atoms with Crippen molar-refractivity contribution in [2.75, 3.05) is 22.5 Å². The Balaban J connectivity index is 0.000000163. The Labute approximate surface area is 772 Å². The Bertz CT molecular complexity index is 6560. The normalized spacial score (nSPS) is 12.0. The zero-order valence-corrected chi connectivity index (χ0v) is 75.0. The van der Waals surface area contributed by atoms with Gasteiger partial charge in [-0.3, -0.25) is 14.7 Å². The smallest absolute Gasteiger partial charge is 0.423 e. The number of carbonyl (C=O) groups is 2. The largest absolute Gasteiger partial charge is 0.496 e. The molecular weight excluding hydrogens is 1910 g/mol. The first-order valence-corrected chi connectivity index (χ1v) is 40.9. The number of nitrogen functional groups attached to an aromatic ring is 3. The minimum Gasteiger partial charge on any atom is -0.423 e. The van der Waals surface area contributed by atoms with E-state index in [1.165, 1.54) is 37.2 Å². The predicted octanol–water partition coefficient (Wildman–Crippen LogP) is 18.9. The van der Waals surface area contributed by atoms with Crippen molar-refractivity contribution in [1.29, 1.82) is 0 Å². The predicted molar refractivity (Wildman–Crippen MR) is 482 cm³/mol. The van der Waals surface area contributed by atoms with E-state index < -0.39 is 116 Å². The van der Waals surface area contributed by atoms with Gasteiger partial charge in [-0.05, 0) is 239 Å². The van der Waals surface area contributed by atoms with Gasteiger partial charge in [0, 0.05) is 124 Å². The maximum absolute atomic E-state index is 14.0. The number of halogens is 17. The third kappa shape index (κ3) is 26.7. The second-order valence-corrected chi connectivity index (χ2v) is 31.4. The van der Waals surface area contributed by atoms with Gasteiger partial charge >= 0.3 is 14.2 Å². The van der Waals surface area contributed by atoms with Crippen molar-refractivity contribution in [2.45, 2.75) is 73.5 Å². The number of benzene rings is 7. The maximum Gasteiger partial charge on any atom is 0.496 e. The molecule has 0 bridgehead atoms. The molecule has 0 saturated carbocycles. The Morgan fingerprint density at radius 3 is 1.06 bits per heavy atom. The number of carbonyl (C=O) groups excluding carboxylic acids is 2. The van der Waals surface area contributed by atoms with Gasteiger partial charge in [0.1, 0.15) is 139 Å². The first-order valence-electron chi connectivity index (χ1n) is 38.9. The van der Waals surface area contributed by atoms with Crippen LogP contribution in [0.4, 0.5) is 84.7 Å². The van der Waals surface area contributed by atoms with Gasteiger partial charge in [0.2, 0.25) is 0 Å². The average Bonchev–Trinajstić information content (AvgIpc) is 1.62. The molecule has 0 unspecified atom stereocenters. The van der Waals surface area contributed by atoms with Crippen molar-refractivity contribution in [2.24, 2.45) is 0 Å². The van der Waals surface area contributed by atoms with Crippen molar-refractivity contribution >= 4 is 103 Å². The fourth-order valence-electron chi connectivity index (χ4n) is 11.7. The van der Waals surface area contributed by atoms with E-state index in [2.05, 4.69) is 87.7 Å². The van der Waals surface area contributed by atoms with Crippen LogP contribution in [-0.2, 0) is 9.31 Å². The third-order valence-corrected chi connectivity index (χ3v) is 21.1. The molecule has 1 aliphatic rings. The molecule has 0 atom stereocenters. The van der Waals surface area contributed by atoms with Crippen LogP contribution in [0.3, 0.4) is 0 Å². The molecule has 7 aromatic carbocycles. The van der Waals surface area contributed by atoms with E-state index in [0.717, 1.165) is 175 Å². The molecule has 1 aliphatic heterocycles. The lowest BCUT2D eigenvalue weighted by Crippen LogP contribution is -2.41. The highest BCUT2D eigenvalue weighted by Crippen LogP contribution is 2.37. The van der Waals surface area contributed by atoms with Gasteiger partial charge in [0.05, 0.1) is 49.1 Å². The fraction of sp³-hybridized carbons (Fsp3) is 0.122. The number of nitrogens with two attached hydrogens (primary N) is 3. The minimum atomic E-state index is -1.97. The van der Waals surface area contributed by atoms with Gasteiger partial charge in [-0.25, -0.2) is 100 Å². The first kappa shape index (κ1) is 101. The number of hydrogen-bond donors (Lipinski definition) is 7. The molecule has 9 aromatic heterocycles. The van der Waals surface area contributed by atoms with Gasteiger partial charge < -0.3 is 41.9 Å². The van der Waals surface area contributed by atoms with Crippen molar-refractivity contribution in [3.63, 3.8) is 0 Å². The van der Waals surface area contributed by atoms with Crippen LogP contribution < -0.4 is 33.4 Å². The molecule has 686 valence electrons. The van der Waals surface area contributed by atoms with Crippen LogP contribution in [0.25, 0.3) is 56.1 Å². The molecule has 0 spiro atoms. The van der Waals surface area contributed by atoms with Gasteiger partial charge in [0.25, 0.3) is 11.1 Å². The van der Waals surface area contributed by atoms with Crippen molar-refractivity contribution < 1.29 is 90.4 Å². The van der Waals surface area contributed by atoms with Crippen LogP contribution >= 0.6 is 43.5 Å². The zero-order valence-electron chi connectivity index (χ0n) is 71.1. The van der Waals surface area contributed by atoms with Gasteiger partial charge in [-0.1, -0.05) is 18.2 Å². The molecular formula is C90H75B2Br2ClF14N18O6. The summed E-state index contributed by atoms with van der Waals surface area (Å²) in [6, 6.07) is 35.2. The van der Waals surface area contributed by atoms with Crippen LogP contribution in [0.2, 0.25) is 0 Å². The van der Waals surface area contributed by atoms with Crippen LogP contribution in [0.1, 0.15) is 76.9 Å². The molecule has 10 heterocycles. The Hall–Kier alpha value is -14.0. The lowest BCUT2D eigenvalue weighted by Gasteiger charge is -2.32. The summed E-state index contributed by atoms with van der Waals surface area (Å²) in [5, 5.41) is 41.4. The number of aromatic nitrogens is 14. The first-order chi connectivity index (χ1) is 62.8. The van der Waals surface area contributed by atoms with Crippen LogP contribution in [0.15, 0.2) is 241 Å². The molecule has 17 rings (SSSR count). The topological polar surface area (TPSA) is 335 Å². The summed E-state index contributed by atoms with van der Waals surface area (Å²) in [6.07, 6.45) is 14.5. The van der Waals surface area contributed by atoms with E-state index in [0.29, 0.717) is 45.7 Å². The van der Waals surface area contributed by atoms with E-state index >= 15 is 0 Å². The average molecular weight is 1990 g/mol. The molecule has 43 heteroatoms.